The molecule has 2 aromatic carbocycles. The number of aromatic nitrogens is 1. The largest absolute Gasteiger partial charge is 0.385 e. The Hall–Kier alpha value is -3.67. The van der Waals surface area contributed by atoms with Gasteiger partial charge in [0.25, 0.3) is 5.91 Å². The van der Waals surface area contributed by atoms with Gasteiger partial charge in [-0.3, -0.25) is 9.78 Å². The summed E-state index contributed by atoms with van der Waals surface area (Å²) in [5.74, 6) is -0.623. The Balaban J connectivity index is 1.36. The third-order valence-electron chi connectivity index (χ3n) is 4.50. The summed E-state index contributed by atoms with van der Waals surface area (Å²) in [6.45, 7) is 0.816. The fourth-order valence-corrected chi connectivity index (χ4v) is 3.05. The first kappa shape index (κ1) is 17.7. The molecule has 0 aliphatic carbocycles. The highest BCUT2D eigenvalue weighted by atomic mass is 19.1. The molecule has 0 unspecified atom stereocenters. The molecule has 3 aromatic rings. The Bertz CT molecular complexity index is 1020. The molecule has 140 valence electrons. The van der Waals surface area contributed by atoms with E-state index in [9.17, 15) is 9.18 Å². The summed E-state index contributed by atoms with van der Waals surface area (Å²) in [4.78, 5) is 16.2. The third-order valence-corrected chi connectivity index (χ3v) is 4.50. The number of rotatable bonds is 6. The van der Waals surface area contributed by atoms with E-state index in [4.69, 9.17) is 0 Å². The normalized spacial score (nSPS) is 13.9. The number of amides is 1. The first-order chi connectivity index (χ1) is 13.7. The maximum absolute atomic E-state index is 13.3. The SMILES string of the molecule is O=C1Nc2cc(F)ccc2C1=CNc1ccc(NCCc2cccnc2)cc1. The molecule has 3 N–H and O–H groups in total. The van der Waals surface area contributed by atoms with Gasteiger partial charge in [0, 0.05) is 42.1 Å². The van der Waals surface area contributed by atoms with Crippen molar-refractivity contribution in [3.63, 3.8) is 0 Å². The zero-order valence-electron chi connectivity index (χ0n) is 15.1. The van der Waals surface area contributed by atoms with Gasteiger partial charge in [0.15, 0.2) is 0 Å². The minimum Gasteiger partial charge on any atom is -0.385 e. The molecule has 2 heterocycles. The van der Waals surface area contributed by atoms with Crippen LogP contribution in [0.25, 0.3) is 5.57 Å². The number of hydrogen-bond donors (Lipinski definition) is 3. The Morgan fingerprint density at radius 3 is 2.68 bits per heavy atom. The number of halogens is 1. The number of benzene rings is 2. The lowest BCUT2D eigenvalue weighted by atomic mass is 10.1. The van der Waals surface area contributed by atoms with E-state index in [0.717, 1.165) is 24.3 Å². The van der Waals surface area contributed by atoms with Gasteiger partial charge in [-0.25, -0.2) is 4.39 Å². The number of carbonyl (C=O) groups is 1. The summed E-state index contributed by atoms with van der Waals surface area (Å²) in [5, 5.41) is 9.17. The molecule has 1 amide bonds. The van der Waals surface area contributed by atoms with Crippen LogP contribution >= 0.6 is 0 Å². The zero-order valence-corrected chi connectivity index (χ0v) is 15.1. The van der Waals surface area contributed by atoms with E-state index in [1.807, 2.05) is 36.5 Å². The highest BCUT2D eigenvalue weighted by Gasteiger charge is 2.24. The maximum atomic E-state index is 13.3. The summed E-state index contributed by atoms with van der Waals surface area (Å²) in [6, 6.07) is 16.1. The zero-order chi connectivity index (χ0) is 19.3. The summed E-state index contributed by atoms with van der Waals surface area (Å²) in [5.41, 5.74) is 4.72. The van der Waals surface area contributed by atoms with Gasteiger partial charge >= 0.3 is 0 Å². The van der Waals surface area contributed by atoms with E-state index in [0.29, 0.717) is 16.8 Å². The maximum Gasteiger partial charge on any atom is 0.257 e. The number of nitrogens with zero attached hydrogens (tertiary/aromatic N) is 1. The fraction of sp³-hybridized carbons (Fsp3) is 0.0909. The van der Waals surface area contributed by atoms with Crippen LogP contribution in [0.3, 0.4) is 0 Å². The number of carbonyl (C=O) groups excluding carboxylic acids is 1. The lowest BCUT2D eigenvalue weighted by Crippen LogP contribution is -2.06. The van der Waals surface area contributed by atoms with Crippen LogP contribution in [0.1, 0.15) is 11.1 Å². The molecule has 0 bridgehead atoms. The van der Waals surface area contributed by atoms with Crippen molar-refractivity contribution in [2.45, 2.75) is 6.42 Å². The third kappa shape index (κ3) is 4.01. The van der Waals surface area contributed by atoms with Gasteiger partial charge in [0.1, 0.15) is 5.82 Å². The summed E-state index contributed by atoms with van der Waals surface area (Å²) < 4.78 is 13.3. The van der Waals surface area contributed by atoms with E-state index >= 15 is 0 Å². The van der Waals surface area contributed by atoms with Crippen LogP contribution in [0.5, 0.6) is 0 Å². The second kappa shape index (κ2) is 7.92. The molecule has 0 atom stereocenters. The molecule has 0 saturated heterocycles. The monoisotopic (exact) mass is 374 g/mol. The molecule has 1 aliphatic heterocycles. The smallest absolute Gasteiger partial charge is 0.257 e. The van der Waals surface area contributed by atoms with Gasteiger partial charge in [0.05, 0.1) is 11.3 Å². The molecule has 5 nitrogen and oxygen atoms in total. The highest BCUT2D eigenvalue weighted by Crippen LogP contribution is 2.32. The lowest BCUT2D eigenvalue weighted by molar-refractivity contribution is -0.110. The van der Waals surface area contributed by atoms with Gasteiger partial charge in [0.2, 0.25) is 0 Å². The van der Waals surface area contributed by atoms with E-state index in [1.165, 1.54) is 17.7 Å². The molecule has 0 saturated carbocycles. The van der Waals surface area contributed by atoms with Crippen LogP contribution in [0.4, 0.5) is 21.5 Å². The molecule has 0 fully saturated rings. The van der Waals surface area contributed by atoms with Crippen molar-refractivity contribution in [3.8, 4) is 0 Å². The molecule has 4 rings (SSSR count). The number of nitrogens with one attached hydrogen (secondary N) is 3. The van der Waals surface area contributed by atoms with E-state index in [-0.39, 0.29) is 11.7 Å². The number of fused-ring (bicyclic) bond motifs is 1. The van der Waals surface area contributed by atoms with E-state index in [1.54, 1.807) is 18.5 Å². The van der Waals surface area contributed by atoms with Gasteiger partial charge in [-0.05, 0) is 60.5 Å². The Kier molecular flexibility index (Phi) is 5.01. The molecule has 28 heavy (non-hydrogen) atoms. The average Bonchev–Trinajstić information content (AvgIpc) is 3.02. The minimum atomic E-state index is -0.375. The fourth-order valence-electron chi connectivity index (χ4n) is 3.05. The Morgan fingerprint density at radius 1 is 1.07 bits per heavy atom. The van der Waals surface area contributed by atoms with Crippen molar-refractivity contribution in [1.29, 1.82) is 0 Å². The number of hydrogen-bond acceptors (Lipinski definition) is 4. The predicted octanol–water partition coefficient (Wildman–Crippen LogP) is 4.28. The minimum absolute atomic E-state index is 0.248. The Morgan fingerprint density at radius 2 is 1.89 bits per heavy atom. The van der Waals surface area contributed by atoms with Crippen molar-refractivity contribution in [2.75, 3.05) is 22.5 Å². The molecule has 1 aromatic heterocycles. The van der Waals surface area contributed by atoms with Crippen LogP contribution in [0, 0.1) is 5.82 Å². The van der Waals surface area contributed by atoms with Crippen molar-refractivity contribution in [1.82, 2.24) is 4.98 Å². The molecular weight excluding hydrogens is 355 g/mol. The van der Waals surface area contributed by atoms with Gasteiger partial charge < -0.3 is 16.0 Å². The molecule has 1 aliphatic rings. The molecule has 0 spiro atoms. The summed E-state index contributed by atoms with van der Waals surface area (Å²) in [7, 11) is 0. The number of anilines is 3. The number of pyridine rings is 1. The van der Waals surface area contributed by atoms with Crippen molar-refractivity contribution < 1.29 is 9.18 Å². The summed E-state index contributed by atoms with van der Waals surface area (Å²) in [6.07, 6.45) is 6.18. The van der Waals surface area contributed by atoms with E-state index in [2.05, 4.69) is 27.0 Å². The van der Waals surface area contributed by atoms with E-state index < -0.39 is 0 Å². The van der Waals surface area contributed by atoms with Crippen molar-refractivity contribution in [3.05, 3.63) is 90.1 Å². The van der Waals surface area contributed by atoms with Crippen LogP contribution in [0.2, 0.25) is 0 Å². The van der Waals surface area contributed by atoms with Gasteiger partial charge in [-0.15, -0.1) is 0 Å². The summed E-state index contributed by atoms with van der Waals surface area (Å²) >= 11 is 0. The predicted molar refractivity (Wildman–Crippen MR) is 110 cm³/mol. The van der Waals surface area contributed by atoms with Crippen LogP contribution in [-0.4, -0.2) is 17.4 Å². The molecule has 6 heteroatoms. The second-order valence-electron chi connectivity index (χ2n) is 6.46. The second-order valence-corrected chi connectivity index (χ2v) is 6.46. The lowest BCUT2D eigenvalue weighted by Gasteiger charge is -2.08. The molecular formula is C22H19FN4O. The first-order valence-corrected chi connectivity index (χ1v) is 9.00. The standard InChI is InChI=1S/C22H19FN4O/c23-16-3-8-19-20(22(28)27-21(19)12-16)14-26-18-6-4-17(5-7-18)25-11-9-15-2-1-10-24-13-15/h1-8,10,12-14,25-26H,9,11H2,(H,27,28). The topological polar surface area (TPSA) is 66.1 Å². The molecule has 0 radical (unpaired) electrons. The highest BCUT2D eigenvalue weighted by molar-refractivity contribution is 6.31. The van der Waals surface area contributed by atoms with Gasteiger partial charge in [-0.2, -0.15) is 0 Å². The van der Waals surface area contributed by atoms with Crippen LogP contribution in [0.15, 0.2) is 73.2 Å². The average molecular weight is 374 g/mol. The van der Waals surface area contributed by atoms with Gasteiger partial charge in [-0.1, -0.05) is 6.07 Å². The van der Waals surface area contributed by atoms with Crippen LogP contribution < -0.4 is 16.0 Å². The quantitative estimate of drug-likeness (QED) is 0.564. The first-order valence-electron chi connectivity index (χ1n) is 9.00. The van der Waals surface area contributed by atoms with Crippen molar-refractivity contribution in [2.24, 2.45) is 0 Å². The van der Waals surface area contributed by atoms with Crippen molar-refractivity contribution >= 4 is 28.5 Å². The van der Waals surface area contributed by atoms with Crippen LogP contribution in [-0.2, 0) is 11.2 Å². The Labute approximate surface area is 162 Å².